The number of nitrogens with one attached hydrogen (secondary N) is 1. The fraction of sp³-hybridized carbons (Fsp3) is 0.118. The van der Waals surface area contributed by atoms with Gasteiger partial charge in [0.1, 0.15) is 6.54 Å². The number of hydrogen-bond acceptors (Lipinski definition) is 3. The minimum atomic E-state index is -1.46. The molecule has 0 aromatic heterocycles. The monoisotopic (exact) mass is 466 g/mol. The topological polar surface area (TPSA) is 86.7 Å². The van der Waals surface area contributed by atoms with Gasteiger partial charge in [0.25, 0.3) is 5.91 Å². The third kappa shape index (κ3) is 3.07. The van der Waals surface area contributed by atoms with E-state index in [9.17, 15) is 14.4 Å². The number of carboxylic acids is 1. The summed E-state index contributed by atoms with van der Waals surface area (Å²) in [6.07, 6.45) is 0. The highest BCUT2D eigenvalue weighted by Gasteiger charge is 2.54. The van der Waals surface area contributed by atoms with Gasteiger partial charge in [-0.3, -0.25) is 14.5 Å². The Kier molecular flexibility index (Phi) is 4.66. The van der Waals surface area contributed by atoms with E-state index < -0.39 is 30.0 Å². The highest BCUT2D eigenvalue weighted by molar-refractivity contribution is 9.10. The summed E-state index contributed by atoms with van der Waals surface area (Å²) in [5.74, 6) is -1.88. The maximum atomic E-state index is 13.1. The van der Waals surface area contributed by atoms with Crippen LogP contribution in [0, 0.1) is 0 Å². The molecule has 8 heteroatoms. The van der Waals surface area contributed by atoms with E-state index in [1.165, 1.54) is 0 Å². The van der Waals surface area contributed by atoms with E-state index in [0.29, 0.717) is 16.0 Å². The first-order valence-electron chi connectivity index (χ1n) is 7.22. The number of imide groups is 1. The second-order valence-corrected chi connectivity index (χ2v) is 7.31. The number of carbonyl (C=O) groups is 3. The first-order valence-corrected chi connectivity index (χ1v) is 8.81. The van der Waals surface area contributed by atoms with Crippen LogP contribution in [0.5, 0.6) is 0 Å². The van der Waals surface area contributed by atoms with E-state index in [0.717, 1.165) is 8.95 Å². The van der Waals surface area contributed by atoms with E-state index in [1.54, 1.807) is 48.5 Å². The van der Waals surface area contributed by atoms with Crippen LogP contribution in [0.3, 0.4) is 0 Å². The summed E-state index contributed by atoms with van der Waals surface area (Å²) < 4.78 is 1.64. The summed E-state index contributed by atoms with van der Waals surface area (Å²) in [7, 11) is 0. The van der Waals surface area contributed by atoms with Gasteiger partial charge in [-0.05, 0) is 35.4 Å². The lowest BCUT2D eigenvalue weighted by Crippen LogP contribution is -2.45. The summed E-state index contributed by atoms with van der Waals surface area (Å²) in [4.78, 5) is 37.2. The number of amides is 3. The van der Waals surface area contributed by atoms with Gasteiger partial charge >= 0.3 is 12.0 Å². The highest BCUT2D eigenvalue weighted by Crippen LogP contribution is 2.37. The maximum absolute atomic E-state index is 13.1. The summed E-state index contributed by atoms with van der Waals surface area (Å²) in [6.45, 7) is -0.695. The molecular formula is C17H12Br2N2O4. The van der Waals surface area contributed by atoms with Gasteiger partial charge in [0, 0.05) is 8.95 Å². The lowest BCUT2D eigenvalue weighted by molar-refractivity contribution is -0.142. The number of carbonyl (C=O) groups excluding carboxylic acids is 2. The van der Waals surface area contributed by atoms with Gasteiger partial charge < -0.3 is 10.4 Å². The van der Waals surface area contributed by atoms with Crippen LogP contribution in [0.25, 0.3) is 0 Å². The second-order valence-electron chi connectivity index (χ2n) is 5.48. The molecule has 25 heavy (non-hydrogen) atoms. The second kappa shape index (κ2) is 6.61. The van der Waals surface area contributed by atoms with E-state index in [2.05, 4.69) is 37.2 Å². The van der Waals surface area contributed by atoms with Crippen LogP contribution in [0.4, 0.5) is 4.79 Å². The zero-order chi connectivity index (χ0) is 18.2. The Bertz CT molecular complexity index is 804. The van der Waals surface area contributed by atoms with Crippen molar-refractivity contribution >= 4 is 49.8 Å². The van der Waals surface area contributed by atoms with Gasteiger partial charge in [0.05, 0.1) is 0 Å². The molecule has 2 aromatic rings. The Balaban J connectivity index is 2.18. The van der Waals surface area contributed by atoms with Crippen molar-refractivity contribution in [1.82, 2.24) is 10.2 Å². The number of halogens is 2. The standard InChI is InChI=1S/C17H12Br2N2O4/c18-12-5-1-10(2-6-12)17(11-3-7-13(19)8-4-11)15(24)21(9-14(22)23)16(25)20-17/h1-8H,9H2,(H,20,25)(H,22,23). The van der Waals surface area contributed by atoms with Crippen LogP contribution < -0.4 is 5.32 Å². The molecule has 0 aliphatic carbocycles. The predicted molar refractivity (Wildman–Crippen MR) is 96.9 cm³/mol. The van der Waals surface area contributed by atoms with Gasteiger partial charge in [-0.15, -0.1) is 0 Å². The number of urea groups is 1. The Morgan fingerprint density at radius 3 is 1.80 bits per heavy atom. The van der Waals surface area contributed by atoms with E-state index in [1.807, 2.05) is 0 Å². The SMILES string of the molecule is O=C(O)CN1C(=O)NC(c2ccc(Br)cc2)(c2ccc(Br)cc2)C1=O. The van der Waals surface area contributed by atoms with Gasteiger partial charge in [-0.25, -0.2) is 4.79 Å². The van der Waals surface area contributed by atoms with Crippen molar-refractivity contribution in [1.29, 1.82) is 0 Å². The molecule has 2 N–H and O–H groups in total. The molecule has 3 rings (SSSR count). The van der Waals surface area contributed by atoms with E-state index >= 15 is 0 Å². The van der Waals surface area contributed by atoms with Crippen molar-refractivity contribution in [2.75, 3.05) is 6.54 Å². The zero-order valence-electron chi connectivity index (χ0n) is 12.7. The van der Waals surface area contributed by atoms with Crippen molar-refractivity contribution in [3.05, 3.63) is 68.6 Å². The molecule has 1 heterocycles. The summed E-state index contributed by atoms with van der Waals surface area (Å²) >= 11 is 6.68. The normalized spacial score (nSPS) is 16.0. The molecule has 0 bridgehead atoms. The first kappa shape index (κ1) is 17.6. The van der Waals surface area contributed by atoms with Crippen LogP contribution in [0.2, 0.25) is 0 Å². The summed E-state index contributed by atoms with van der Waals surface area (Å²) in [5, 5.41) is 11.7. The predicted octanol–water partition coefficient (Wildman–Crippen LogP) is 3.09. The molecule has 2 aromatic carbocycles. The van der Waals surface area contributed by atoms with Crippen LogP contribution in [0.1, 0.15) is 11.1 Å². The van der Waals surface area contributed by atoms with Crippen LogP contribution in [-0.2, 0) is 15.1 Å². The van der Waals surface area contributed by atoms with Crippen LogP contribution in [-0.4, -0.2) is 34.5 Å². The van der Waals surface area contributed by atoms with Gasteiger partial charge in [0.2, 0.25) is 0 Å². The van der Waals surface area contributed by atoms with Crippen molar-refractivity contribution in [2.24, 2.45) is 0 Å². The van der Waals surface area contributed by atoms with Crippen molar-refractivity contribution in [3.8, 4) is 0 Å². The molecule has 1 aliphatic heterocycles. The molecule has 0 spiro atoms. The number of benzene rings is 2. The minimum absolute atomic E-state index is 0.546. The molecule has 128 valence electrons. The quantitative estimate of drug-likeness (QED) is 0.676. The molecule has 0 unspecified atom stereocenters. The molecule has 0 atom stereocenters. The Hall–Kier alpha value is -2.19. The Labute approximate surface area is 160 Å². The van der Waals surface area contributed by atoms with Crippen molar-refractivity contribution < 1.29 is 19.5 Å². The number of nitrogens with zero attached hydrogens (tertiary/aromatic N) is 1. The fourth-order valence-electron chi connectivity index (χ4n) is 2.81. The fourth-order valence-corrected chi connectivity index (χ4v) is 3.34. The summed E-state index contributed by atoms with van der Waals surface area (Å²) in [5.41, 5.74) is -0.373. The molecule has 3 amide bonds. The smallest absolute Gasteiger partial charge is 0.326 e. The van der Waals surface area contributed by atoms with Crippen molar-refractivity contribution in [2.45, 2.75) is 5.54 Å². The van der Waals surface area contributed by atoms with Crippen LogP contribution in [0.15, 0.2) is 57.5 Å². The molecular weight excluding hydrogens is 456 g/mol. The lowest BCUT2D eigenvalue weighted by atomic mass is 9.82. The summed E-state index contributed by atoms with van der Waals surface area (Å²) in [6, 6.07) is 13.2. The third-order valence-corrected chi connectivity index (χ3v) is 5.01. The Morgan fingerprint density at radius 2 is 1.40 bits per heavy atom. The molecule has 0 radical (unpaired) electrons. The molecule has 6 nitrogen and oxygen atoms in total. The number of rotatable bonds is 4. The van der Waals surface area contributed by atoms with Gasteiger partial charge in [0.15, 0.2) is 5.54 Å². The van der Waals surface area contributed by atoms with Gasteiger partial charge in [-0.2, -0.15) is 0 Å². The lowest BCUT2D eigenvalue weighted by Gasteiger charge is -2.28. The van der Waals surface area contributed by atoms with Gasteiger partial charge in [-0.1, -0.05) is 56.1 Å². The maximum Gasteiger partial charge on any atom is 0.326 e. The van der Waals surface area contributed by atoms with E-state index in [-0.39, 0.29) is 0 Å². The third-order valence-electron chi connectivity index (χ3n) is 3.95. The highest BCUT2D eigenvalue weighted by atomic mass is 79.9. The average Bonchev–Trinajstić information content (AvgIpc) is 2.81. The first-order chi connectivity index (χ1) is 11.8. The molecule has 1 fully saturated rings. The van der Waals surface area contributed by atoms with Crippen LogP contribution >= 0.6 is 31.9 Å². The molecule has 0 saturated carbocycles. The molecule has 1 saturated heterocycles. The Morgan fingerprint density at radius 1 is 0.960 bits per heavy atom. The van der Waals surface area contributed by atoms with E-state index in [4.69, 9.17) is 5.11 Å². The number of aliphatic carboxylic acids is 1. The largest absolute Gasteiger partial charge is 0.480 e. The molecule has 1 aliphatic rings. The number of hydrogen-bond donors (Lipinski definition) is 2. The average molecular weight is 468 g/mol. The van der Waals surface area contributed by atoms with Crippen molar-refractivity contribution in [3.63, 3.8) is 0 Å². The number of carboxylic acid groups (broad SMARTS) is 1. The minimum Gasteiger partial charge on any atom is -0.480 e. The zero-order valence-corrected chi connectivity index (χ0v) is 15.9.